The number of pyridine rings is 1. The first-order valence-electron chi connectivity index (χ1n) is 9.80. The number of nitrogen functional groups attached to an aromatic ring is 1. The van der Waals surface area contributed by atoms with Gasteiger partial charge in [-0.25, -0.2) is 9.18 Å². The van der Waals surface area contributed by atoms with E-state index < -0.39 is 17.2 Å². The molecule has 1 aliphatic heterocycles. The number of nitrogens with two attached hydrogens (primary N) is 1. The number of aromatic carboxylic acids is 1. The second-order valence-electron chi connectivity index (χ2n) is 8.08. The summed E-state index contributed by atoms with van der Waals surface area (Å²) in [7, 11) is 0. The topological polar surface area (TPSA) is 88.6 Å². The maximum atomic E-state index is 14.1. The summed E-state index contributed by atoms with van der Waals surface area (Å²) < 4.78 is 16.0. The van der Waals surface area contributed by atoms with Crippen molar-refractivity contribution in [3.8, 4) is 0 Å². The summed E-state index contributed by atoms with van der Waals surface area (Å²) >= 11 is 0. The number of allylic oxidation sites excluding steroid dienone is 1. The first-order chi connectivity index (χ1) is 13.5. The molecule has 0 bridgehead atoms. The molecule has 1 atom stereocenters. The summed E-state index contributed by atoms with van der Waals surface area (Å²) in [5, 5.41) is 9.90. The number of fused-ring (bicyclic) bond motifs is 2. The maximum absolute atomic E-state index is 14.1. The van der Waals surface area contributed by atoms with Crippen LogP contribution in [0.1, 0.15) is 48.5 Å². The van der Waals surface area contributed by atoms with Gasteiger partial charge in [0.1, 0.15) is 17.2 Å². The van der Waals surface area contributed by atoms with Crippen molar-refractivity contribution in [1.29, 1.82) is 0 Å². The normalized spacial score (nSPS) is 21.7. The number of halogens is 1. The second-order valence-corrected chi connectivity index (χ2v) is 8.08. The van der Waals surface area contributed by atoms with Gasteiger partial charge in [0.15, 0.2) is 0 Å². The standard InChI is InChI=1S/C21H22FN3O3/c22-14-7-8-15-16(18(14)23)19(26)17(21(27)28)20(25(15)13-5-6-13)24-9-11-3-1-2-4-12(11)10-24/h3,7-8,12-13H,1-2,4-6,9-10,23H2,(H,27,28). The third-order valence-electron chi connectivity index (χ3n) is 6.26. The van der Waals surface area contributed by atoms with Crippen LogP contribution in [-0.4, -0.2) is 28.7 Å². The van der Waals surface area contributed by atoms with Crippen molar-refractivity contribution >= 4 is 28.4 Å². The molecule has 146 valence electrons. The van der Waals surface area contributed by atoms with Gasteiger partial charge in [0.05, 0.1) is 16.6 Å². The van der Waals surface area contributed by atoms with Gasteiger partial charge in [-0.05, 0) is 50.2 Å². The number of aromatic nitrogens is 1. The minimum atomic E-state index is -1.29. The van der Waals surface area contributed by atoms with E-state index in [4.69, 9.17) is 5.73 Å². The molecule has 3 N–H and O–H groups in total. The van der Waals surface area contributed by atoms with E-state index in [1.54, 1.807) is 6.07 Å². The molecule has 2 fully saturated rings. The van der Waals surface area contributed by atoms with Gasteiger partial charge in [0.2, 0.25) is 5.43 Å². The fourth-order valence-corrected chi connectivity index (χ4v) is 4.81. The molecule has 0 spiro atoms. The fraction of sp³-hybridized carbons (Fsp3) is 0.429. The maximum Gasteiger partial charge on any atom is 0.343 e. The summed E-state index contributed by atoms with van der Waals surface area (Å²) in [5.41, 5.74) is 6.46. The van der Waals surface area contributed by atoms with Crippen molar-refractivity contribution < 1.29 is 14.3 Å². The Morgan fingerprint density at radius 3 is 2.71 bits per heavy atom. The predicted molar refractivity (Wildman–Crippen MR) is 105 cm³/mol. The second kappa shape index (κ2) is 6.09. The number of rotatable bonds is 3. The third kappa shape index (κ3) is 2.45. The zero-order chi connectivity index (χ0) is 19.6. The number of carboxylic acid groups (broad SMARTS) is 1. The van der Waals surface area contributed by atoms with Gasteiger partial charge >= 0.3 is 5.97 Å². The van der Waals surface area contributed by atoms with Crippen molar-refractivity contribution in [2.45, 2.75) is 38.1 Å². The highest BCUT2D eigenvalue weighted by molar-refractivity contribution is 6.02. The molecule has 3 aliphatic rings. The van der Waals surface area contributed by atoms with Crippen molar-refractivity contribution in [2.24, 2.45) is 5.92 Å². The molecule has 2 aliphatic carbocycles. The number of benzene rings is 1. The van der Waals surface area contributed by atoms with E-state index in [1.807, 2.05) is 9.47 Å². The van der Waals surface area contributed by atoms with E-state index in [0.29, 0.717) is 30.3 Å². The SMILES string of the molecule is Nc1c(F)ccc2c1c(=O)c(C(=O)O)c(N1CC3=CCCCC3C1)n2C1CC1. The lowest BCUT2D eigenvalue weighted by Gasteiger charge is -2.27. The average Bonchev–Trinajstić information content (AvgIpc) is 3.41. The summed E-state index contributed by atoms with van der Waals surface area (Å²) in [4.78, 5) is 27.3. The first kappa shape index (κ1) is 17.3. The van der Waals surface area contributed by atoms with Crippen LogP contribution in [0, 0.1) is 11.7 Å². The lowest BCUT2D eigenvalue weighted by atomic mass is 9.91. The van der Waals surface area contributed by atoms with Crippen molar-refractivity contribution in [3.05, 3.63) is 45.4 Å². The van der Waals surface area contributed by atoms with Gasteiger partial charge in [0, 0.05) is 19.1 Å². The van der Waals surface area contributed by atoms with E-state index in [0.717, 1.165) is 32.1 Å². The van der Waals surface area contributed by atoms with Crippen LogP contribution in [-0.2, 0) is 0 Å². The number of anilines is 2. The van der Waals surface area contributed by atoms with Crippen LogP contribution in [0.2, 0.25) is 0 Å². The minimum Gasteiger partial charge on any atom is -0.477 e. The van der Waals surface area contributed by atoms with E-state index in [2.05, 4.69) is 6.08 Å². The zero-order valence-electron chi connectivity index (χ0n) is 15.4. The molecule has 6 nitrogen and oxygen atoms in total. The van der Waals surface area contributed by atoms with Crippen LogP contribution in [0.25, 0.3) is 10.9 Å². The lowest BCUT2D eigenvalue weighted by Crippen LogP contribution is -2.31. The third-order valence-corrected chi connectivity index (χ3v) is 6.26. The summed E-state index contributed by atoms with van der Waals surface area (Å²) in [6.07, 6.45) is 7.33. The van der Waals surface area contributed by atoms with Gasteiger partial charge in [-0.1, -0.05) is 11.6 Å². The van der Waals surface area contributed by atoms with Gasteiger partial charge in [0.25, 0.3) is 0 Å². The van der Waals surface area contributed by atoms with Gasteiger partial charge < -0.3 is 20.3 Å². The number of nitrogens with zero attached hydrogens (tertiary/aromatic N) is 2. The number of hydrogen-bond acceptors (Lipinski definition) is 4. The molecule has 5 rings (SSSR count). The average molecular weight is 383 g/mol. The van der Waals surface area contributed by atoms with Crippen LogP contribution in [0.5, 0.6) is 0 Å². The van der Waals surface area contributed by atoms with Crippen molar-refractivity contribution in [2.75, 3.05) is 23.7 Å². The van der Waals surface area contributed by atoms with Gasteiger partial charge in [-0.15, -0.1) is 0 Å². The Kier molecular flexibility index (Phi) is 3.76. The summed E-state index contributed by atoms with van der Waals surface area (Å²) in [6, 6.07) is 2.92. The molecule has 1 aromatic carbocycles. The molecule has 0 amide bonds. The largest absolute Gasteiger partial charge is 0.477 e. The molecule has 1 unspecified atom stereocenters. The van der Waals surface area contributed by atoms with Gasteiger partial charge in [-0.3, -0.25) is 4.79 Å². The molecule has 2 heterocycles. The number of carboxylic acids is 1. The van der Waals surface area contributed by atoms with Crippen LogP contribution >= 0.6 is 0 Å². The molecule has 7 heteroatoms. The van der Waals surface area contributed by atoms with E-state index in [-0.39, 0.29) is 22.7 Å². The molecular formula is C21H22FN3O3. The van der Waals surface area contributed by atoms with E-state index >= 15 is 0 Å². The van der Waals surface area contributed by atoms with Gasteiger partial charge in [-0.2, -0.15) is 0 Å². The smallest absolute Gasteiger partial charge is 0.343 e. The van der Waals surface area contributed by atoms with E-state index in [1.165, 1.54) is 11.6 Å². The summed E-state index contributed by atoms with van der Waals surface area (Å²) in [5.74, 6) is -1.13. The Morgan fingerprint density at radius 1 is 1.25 bits per heavy atom. The predicted octanol–water partition coefficient (Wildman–Crippen LogP) is 3.30. The Hall–Kier alpha value is -2.83. The van der Waals surface area contributed by atoms with Crippen molar-refractivity contribution in [1.82, 2.24) is 4.57 Å². The summed E-state index contributed by atoms with van der Waals surface area (Å²) in [6.45, 7) is 1.35. The quantitative estimate of drug-likeness (QED) is 0.627. The Morgan fingerprint density at radius 2 is 2.04 bits per heavy atom. The molecule has 1 aromatic heterocycles. The Labute approximate surface area is 161 Å². The molecule has 28 heavy (non-hydrogen) atoms. The van der Waals surface area contributed by atoms with Crippen molar-refractivity contribution in [3.63, 3.8) is 0 Å². The van der Waals surface area contributed by atoms with Crippen LogP contribution in [0.3, 0.4) is 0 Å². The van der Waals surface area contributed by atoms with Crippen LogP contribution < -0.4 is 16.1 Å². The zero-order valence-corrected chi connectivity index (χ0v) is 15.4. The molecule has 2 aromatic rings. The first-order valence-corrected chi connectivity index (χ1v) is 9.80. The van der Waals surface area contributed by atoms with Crippen LogP contribution in [0.4, 0.5) is 15.9 Å². The Balaban J connectivity index is 1.82. The highest BCUT2D eigenvalue weighted by Gasteiger charge is 2.38. The Bertz CT molecular complexity index is 1100. The van der Waals surface area contributed by atoms with E-state index in [9.17, 15) is 19.1 Å². The highest BCUT2D eigenvalue weighted by atomic mass is 19.1. The lowest BCUT2D eigenvalue weighted by molar-refractivity contribution is 0.0695. The molecule has 1 saturated carbocycles. The molecule has 0 radical (unpaired) electrons. The highest BCUT2D eigenvalue weighted by Crippen LogP contribution is 2.44. The monoisotopic (exact) mass is 383 g/mol. The number of carbonyl (C=O) groups is 1. The fourth-order valence-electron chi connectivity index (χ4n) is 4.81. The minimum absolute atomic E-state index is 0.0242. The molecular weight excluding hydrogens is 361 g/mol. The number of hydrogen-bond donors (Lipinski definition) is 2. The van der Waals surface area contributed by atoms with Crippen LogP contribution in [0.15, 0.2) is 28.6 Å². The molecule has 1 saturated heterocycles.